The summed E-state index contributed by atoms with van der Waals surface area (Å²) in [6, 6.07) is 5.07. The first kappa shape index (κ1) is 16.8. The van der Waals surface area contributed by atoms with E-state index in [1.165, 1.54) is 12.8 Å². The minimum atomic E-state index is -0.0112. The molecule has 0 radical (unpaired) electrons. The molecule has 20 heavy (non-hydrogen) atoms. The Balaban J connectivity index is 2.30. The average molecular weight is 298 g/mol. The molecule has 3 N–H and O–H groups in total. The number of nitrogens with one attached hydrogen (secondary N) is 1. The third-order valence-electron chi connectivity index (χ3n) is 3.12. The third kappa shape index (κ3) is 6.26. The standard InChI is InChI=1S/C15H24ClN3O/c1-3-4-9-19(2)10-5-6-15(20)18-14-8-7-12(16)11-13(14)17/h7-8,11H,3-6,9-10,17H2,1-2H3,(H,18,20). The molecule has 0 aliphatic carbocycles. The van der Waals surface area contributed by atoms with Gasteiger partial charge in [-0.15, -0.1) is 0 Å². The summed E-state index contributed by atoms with van der Waals surface area (Å²) in [6.45, 7) is 4.20. The first-order chi connectivity index (χ1) is 9.52. The minimum absolute atomic E-state index is 0.0112. The number of amides is 1. The molecule has 1 aromatic rings. The molecule has 0 aromatic heterocycles. The molecule has 0 spiro atoms. The predicted octanol–water partition coefficient (Wildman–Crippen LogP) is 3.37. The number of unbranched alkanes of at least 4 members (excludes halogenated alkanes) is 1. The normalized spacial score (nSPS) is 10.8. The second-order valence-electron chi connectivity index (χ2n) is 5.04. The molecule has 0 saturated heterocycles. The van der Waals surface area contributed by atoms with Gasteiger partial charge >= 0.3 is 0 Å². The van der Waals surface area contributed by atoms with E-state index in [2.05, 4.69) is 24.2 Å². The van der Waals surface area contributed by atoms with E-state index >= 15 is 0 Å². The lowest BCUT2D eigenvalue weighted by atomic mass is 10.2. The number of nitrogens with two attached hydrogens (primary N) is 1. The van der Waals surface area contributed by atoms with E-state index in [0.29, 0.717) is 22.8 Å². The number of carbonyl (C=O) groups excluding carboxylic acids is 1. The molecule has 0 heterocycles. The number of halogens is 1. The number of rotatable bonds is 8. The molecule has 0 saturated carbocycles. The number of carbonyl (C=O) groups is 1. The Morgan fingerprint density at radius 2 is 2.05 bits per heavy atom. The molecule has 0 fully saturated rings. The fraction of sp³-hybridized carbons (Fsp3) is 0.533. The smallest absolute Gasteiger partial charge is 0.224 e. The Hall–Kier alpha value is -1.26. The van der Waals surface area contributed by atoms with Gasteiger partial charge in [0, 0.05) is 11.4 Å². The van der Waals surface area contributed by atoms with E-state index in [9.17, 15) is 4.79 Å². The van der Waals surface area contributed by atoms with Crippen LogP contribution in [0, 0.1) is 0 Å². The van der Waals surface area contributed by atoms with Gasteiger partial charge in [-0.25, -0.2) is 0 Å². The summed E-state index contributed by atoms with van der Waals surface area (Å²) in [6.07, 6.45) is 3.74. The molecule has 0 aliphatic heterocycles. The van der Waals surface area contributed by atoms with Crippen molar-refractivity contribution in [3.63, 3.8) is 0 Å². The number of nitrogen functional groups attached to an aromatic ring is 1. The van der Waals surface area contributed by atoms with E-state index < -0.39 is 0 Å². The van der Waals surface area contributed by atoms with Gasteiger partial charge < -0.3 is 16.0 Å². The Morgan fingerprint density at radius 3 is 2.70 bits per heavy atom. The monoisotopic (exact) mass is 297 g/mol. The molecule has 4 nitrogen and oxygen atoms in total. The number of hydrogen-bond acceptors (Lipinski definition) is 3. The van der Waals surface area contributed by atoms with Crippen LogP contribution in [0.2, 0.25) is 5.02 Å². The molecule has 0 bridgehead atoms. The van der Waals surface area contributed by atoms with E-state index in [-0.39, 0.29) is 5.91 Å². The van der Waals surface area contributed by atoms with Gasteiger partial charge in [0.25, 0.3) is 0 Å². The lowest BCUT2D eigenvalue weighted by molar-refractivity contribution is -0.116. The SMILES string of the molecule is CCCCN(C)CCCC(=O)Nc1ccc(Cl)cc1N. The third-order valence-corrected chi connectivity index (χ3v) is 3.36. The number of hydrogen-bond donors (Lipinski definition) is 2. The maximum Gasteiger partial charge on any atom is 0.224 e. The van der Waals surface area contributed by atoms with Crippen LogP contribution in [-0.4, -0.2) is 30.9 Å². The zero-order valence-electron chi connectivity index (χ0n) is 12.3. The van der Waals surface area contributed by atoms with Crippen LogP contribution in [-0.2, 0) is 4.79 Å². The van der Waals surface area contributed by atoms with Gasteiger partial charge in [0.15, 0.2) is 0 Å². The summed E-state index contributed by atoms with van der Waals surface area (Å²) >= 11 is 5.82. The van der Waals surface area contributed by atoms with Crippen LogP contribution in [0.3, 0.4) is 0 Å². The first-order valence-electron chi connectivity index (χ1n) is 7.06. The van der Waals surface area contributed by atoms with Crippen molar-refractivity contribution in [2.45, 2.75) is 32.6 Å². The fourth-order valence-electron chi connectivity index (χ4n) is 1.91. The topological polar surface area (TPSA) is 58.4 Å². The molecule has 1 aromatic carbocycles. The minimum Gasteiger partial charge on any atom is -0.397 e. The average Bonchev–Trinajstić information content (AvgIpc) is 2.39. The van der Waals surface area contributed by atoms with Crippen molar-refractivity contribution < 1.29 is 4.79 Å². The Bertz CT molecular complexity index is 437. The summed E-state index contributed by atoms with van der Waals surface area (Å²) in [4.78, 5) is 14.1. The molecule has 0 atom stereocenters. The molecule has 112 valence electrons. The van der Waals surface area contributed by atoms with Crippen molar-refractivity contribution in [2.75, 3.05) is 31.2 Å². The second kappa shape index (κ2) is 8.82. The van der Waals surface area contributed by atoms with Crippen LogP contribution in [0.1, 0.15) is 32.6 Å². The summed E-state index contributed by atoms with van der Waals surface area (Å²) < 4.78 is 0. The van der Waals surface area contributed by atoms with Crippen LogP contribution in [0.4, 0.5) is 11.4 Å². The van der Waals surface area contributed by atoms with Crippen LogP contribution in [0.25, 0.3) is 0 Å². The quantitative estimate of drug-likeness (QED) is 0.723. The molecule has 0 aliphatic rings. The number of anilines is 2. The van der Waals surface area contributed by atoms with Gasteiger partial charge in [0.1, 0.15) is 0 Å². The molecule has 5 heteroatoms. The highest BCUT2D eigenvalue weighted by atomic mass is 35.5. The first-order valence-corrected chi connectivity index (χ1v) is 7.44. The van der Waals surface area contributed by atoms with Gasteiger partial charge in [-0.05, 0) is 51.2 Å². The highest BCUT2D eigenvalue weighted by molar-refractivity contribution is 6.31. The maximum atomic E-state index is 11.8. The van der Waals surface area contributed by atoms with E-state index in [4.69, 9.17) is 17.3 Å². The van der Waals surface area contributed by atoms with E-state index in [1.54, 1.807) is 18.2 Å². The molecule has 1 amide bonds. The highest BCUT2D eigenvalue weighted by Crippen LogP contribution is 2.22. The molecule has 0 unspecified atom stereocenters. The van der Waals surface area contributed by atoms with Crippen molar-refractivity contribution in [3.8, 4) is 0 Å². The van der Waals surface area contributed by atoms with Crippen molar-refractivity contribution in [3.05, 3.63) is 23.2 Å². The van der Waals surface area contributed by atoms with Gasteiger partial charge in [0.2, 0.25) is 5.91 Å². The molecule has 1 rings (SSSR count). The van der Waals surface area contributed by atoms with Crippen LogP contribution in [0.5, 0.6) is 0 Å². The van der Waals surface area contributed by atoms with Gasteiger partial charge in [-0.3, -0.25) is 4.79 Å². The summed E-state index contributed by atoms with van der Waals surface area (Å²) in [5.41, 5.74) is 6.91. The van der Waals surface area contributed by atoms with Crippen molar-refractivity contribution in [1.82, 2.24) is 4.90 Å². The lowest BCUT2D eigenvalue weighted by Crippen LogP contribution is -2.22. The van der Waals surface area contributed by atoms with Crippen molar-refractivity contribution >= 4 is 28.9 Å². The largest absolute Gasteiger partial charge is 0.397 e. The van der Waals surface area contributed by atoms with Gasteiger partial charge in [-0.1, -0.05) is 24.9 Å². The maximum absolute atomic E-state index is 11.8. The Morgan fingerprint density at radius 1 is 1.35 bits per heavy atom. The lowest BCUT2D eigenvalue weighted by Gasteiger charge is -2.15. The van der Waals surface area contributed by atoms with Crippen molar-refractivity contribution in [2.24, 2.45) is 0 Å². The van der Waals surface area contributed by atoms with E-state index in [0.717, 1.165) is 19.5 Å². The van der Waals surface area contributed by atoms with Gasteiger partial charge in [-0.2, -0.15) is 0 Å². The molecular formula is C15H24ClN3O. The number of nitrogens with zero attached hydrogens (tertiary/aromatic N) is 1. The van der Waals surface area contributed by atoms with Crippen LogP contribution < -0.4 is 11.1 Å². The zero-order chi connectivity index (χ0) is 15.0. The highest BCUT2D eigenvalue weighted by Gasteiger charge is 2.06. The number of benzene rings is 1. The predicted molar refractivity (Wildman–Crippen MR) is 86.1 cm³/mol. The summed E-state index contributed by atoms with van der Waals surface area (Å²) in [5.74, 6) is -0.0112. The molecular weight excluding hydrogens is 274 g/mol. The van der Waals surface area contributed by atoms with Crippen LogP contribution >= 0.6 is 11.6 Å². The van der Waals surface area contributed by atoms with Gasteiger partial charge in [0.05, 0.1) is 11.4 Å². The Kier molecular flexibility index (Phi) is 7.41. The zero-order valence-corrected chi connectivity index (χ0v) is 13.0. The fourth-order valence-corrected chi connectivity index (χ4v) is 2.09. The van der Waals surface area contributed by atoms with Crippen molar-refractivity contribution in [1.29, 1.82) is 0 Å². The van der Waals surface area contributed by atoms with Crippen LogP contribution in [0.15, 0.2) is 18.2 Å². The Labute approximate surface area is 126 Å². The van der Waals surface area contributed by atoms with E-state index in [1.807, 2.05) is 0 Å². The summed E-state index contributed by atoms with van der Waals surface area (Å²) in [7, 11) is 2.09. The second-order valence-corrected chi connectivity index (χ2v) is 5.48. The summed E-state index contributed by atoms with van der Waals surface area (Å²) in [5, 5.41) is 3.38.